The van der Waals surface area contributed by atoms with Crippen molar-refractivity contribution in [3.63, 3.8) is 0 Å². The summed E-state index contributed by atoms with van der Waals surface area (Å²) < 4.78 is 2.63. The van der Waals surface area contributed by atoms with Crippen molar-refractivity contribution in [1.82, 2.24) is 0 Å². The number of nitrogens with zero attached hydrogens (tertiary/aromatic N) is 2. The maximum Gasteiger partial charge on any atom is 0.0784 e. The van der Waals surface area contributed by atoms with Gasteiger partial charge in [0.1, 0.15) is 0 Å². The molecule has 0 radical (unpaired) electrons. The molecule has 0 aliphatic carbocycles. The molecule has 0 aromatic heterocycles. The lowest BCUT2D eigenvalue weighted by atomic mass is 10.2. The van der Waals surface area contributed by atoms with Crippen molar-refractivity contribution in [2.24, 2.45) is 0 Å². The lowest BCUT2D eigenvalue weighted by molar-refractivity contribution is -0.910. The van der Waals surface area contributed by atoms with E-state index in [1.165, 1.54) is 125 Å². The second-order valence-corrected chi connectivity index (χ2v) is 9.70. The van der Waals surface area contributed by atoms with Crippen molar-refractivity contribution in [3.05, 3.63) is 0 Å². The Morgan fingerprint density at radius 2 is 0.483 bits per heavy atom. The van der Waals surface area contributed by atoms with Gasteiger partial charge in [0.25, 0.3) is 0 Å². The summed E-state index contributed by atoms with van der Waals surface area (Å²) in [6.45, 7) is 22.1. The van der Waals surface area contributed by atoms with E-state index in [0.29, 0.717) is 0 Å². The molecule has 0 rings (SSSR count). The Balaban J connectivity index is -0.000000451. The third kappa shape index (κ3) is 21.3. The molecule has 0 aliphatic rings. The molecule has 0 atom stereocenters. The first kappa shape index (κ1) is 33.9. The fourth-order valence-electron chi connectivity index (χ4n) is 3.91. The largest absolute Gasteiger partial charge is 2.00 e. The molecule has 0 fully saturated rings. The van der Waals surface area contributed by atoms with E-state index < -0.39 is 0 Å². The Labute approximate surface area is 194 Å². The third-order valence-corrected chi connectivity index (χ3v) is 6.31. The second kappa shape index (κ2) is 22.9. The number of quaternary nitrogens is 2. The smallest absolute Gasteiger partial charge is 0.0784 e. The molecule has 0 unspecified atom stereocenters. The molecule has 0 N–H and O–H groups in total. The molecule has 0 saturated carbocycles. The van der Waals surface area contributed by atoms with Crippen LogP contribution in [-0.4, -0.2) is 62.3 Å². The molecule has 0 bridgehead atoms. The van der Waals surface area contributed by atoms with Crippen molar-refractivity contribution in [1.29, 1.82) is 0 Å². The van der Waals surface area contributed by atoms with Crippen molar-refractivity contribution in [2.75, 3.05) is 53.4 Å². The minimum Gasteiger partial charge on any atom is -2.00 e. The molecule has 180 valence electrons. The molecule has 0 aromatic rings. The van der Waals surface area contributed by atoms with Crippen LogP contribution < -0.4 is 0 Å². The van der Waals surface area contributed by atoms with Crippen molar-refractivity contribution < 1.29 is 8.97 Å². The highest BCUT2D eigenvalue weighted by Gasteiger charge is 2.19. The van der Waals surface area contributed by atoms with Crippen LogP contribution in [0.15, 0.2) is 0 Å². The first-order valence-electron chi connectivity index (χ1n) is 13.0. The molecule has 29 heavy (non-hydrogen) atoms. The van der Waals surface area contributed by atoms with Gasteiger partial charge in [-0.05, 0) is 38.5 Å². The van der Waals surface area contributed by atoms with Gasteiger partial charge in [-0.15, -0.1) is 0 Å². The quantitative estimate of drug-likeness (QED) is 0.195. The van der Waals surface area contributed by atoms with Crippen LogP contribution in [0.5, 0.6) is 0 Å². The van der Waals surface area contributed by atoms with Crippen LogP contribution >= 0.6 is 0 Å². The highest BCUT2D eigenvalue weighted by Crippen LogP contribution is 2.11. The fraction of sp³-hybridized carbons (Fsp3) is 1.00. The first-order valence-corrected chi connectivity index (χ1v) is 13.0. The summed E-state index contributed by atoms with van der Waals surface area (Å²) in [7, 11) is 4.89. The summed E-state index contributed by atoms with van der Waals surface area (Å²) in [6.07, 6.45) is 16.4. The topological polar surface area (TPSA) is 0 Å². The molecule has 0 amide bonds. The first-order chi connectivity index (χ1) is 13.4. The summed E-state index contributed by atoms with van der Waals surface area (Å²) >= 11 is 0. The normalized spacial score (nSPS) is 11.6. The summed E-state index contributed by atoms with van der Waals surface area (Å²) in [5.41, 5.74) is 0. The maximum absolute atomic E-state index is 2.45. The maximum atomic E-state index is 2.45. The SMILES string of the molecule is CCCC[N+](C)(CCCC)CCCC.CCCC[N+](C)(CCCC)CCCC.[S-2]. The van der Waals surface area contributed by atoms with Crippen molar-refractivity contribution in [3.8, 4) is 0 Å². The predicted molar refractivity (Wildman–Crippen MR) is 138 cm³/mol. The zero-order valence-electron chi connectivity index (χ0n) is 22.0. The highest BCUT2D eigenvalue weighted by atomic mass is 32.1. The van der Waals surface area contributed by atoms with Crippen LogP contribution in [0.4, 0.5) is 0 Å². The number of hydrogen-bond acceptors (Lipinski definition) is 0. The lowest BCUT2D eigenvalue weighted by Gasteiger charge is -2.34. The van der Waals surface area contributed by atoms with Crippen molar-refractivity contribution >= 4 is 13.5 Å². The van der Waals surface area contributed by atoms with E-state index in [4.69, 9.17) is 0 Å². The van der Waals surface area contributed by atoms with E-state index in [2.05, 4.69) is 55.6 Å². The van der Waals surface area contributed by atoms with Crippen LogP contribution in [0.2, 0.25) is 0 Å². The van der Waals surface area contributed by atoms with Gasteiger partial charge in [-0.1, -0.05) is 80.1 Å². The highest BCUT2D eigenvalue weighted by molar-refractivity contribution is 7.37. The number of hydrogen-bond donors (Lipinski definition) is 0. The monoisotopic (exact) mass is 432 g/mol. The molecule has 2 nitrogen and oxygen atoms in total. The fourth-order valence-corrected chi connectivity index (χ4v) is 3.91. The molecule has 0 saturated heterocycles. The van der Waals surface area contributed by atoms with Gasteiger partial charge in [-0.3, -0.25) is 0 Å². The van der Waals surface area contributed by atoms with Gasteiger partial charge in [0.05, 0.1) is 53.4 Å². The average Bonchev–Trinajstić information content (AvgIpc) is 2.71. The van der Waals surface area contributed by atoms with Crippen LogP contribution in [-0.2, 0) is 13.5 Å². The van der Waals surface area contributed by atoms with Crippen LogP contribution in [0, 0.1) is 0 Å². The second-order valence-electron chi connectivity index (χ2n) is 9.70. The van der Waals surface area contributed by atoms with Crippen LogP contribution in [0.3, 0.4) is 0 Å². The predicted octanol–water partition coefficient (Wildman–Crippen LogP) is 7.66. The molecule has 0 aromatic carbocycles. The zero-order chi connectivity index (χ0) is 21.7. The Morgan fingerprint density at radius 3 is 0.586 bits per heavy atom. The molecular formula is C26H60N2S. The van der Waals surface area contributed by atoms with Gasteiger partial charge in [0.15, 0.2) is 0 Å². The summed E-state index contributed by atoms with van der Waals surface area (Å²) in [4.78, 5) is 0. The molecule has 3 heteroatoms. The standard InChI is InChI=1S/2C13H30N.S/c2*1-5-8-11-14(4,12-9-6-2)13-10-7-3;/h2*5-13H2,1-4H3;/q2*+1;-2. The summed E-state index contributed by atoms with van der Waals surface area (Å²) in [5.74, 6) is 0. The average molecular weight is 433 g/mol. The molecule has 0 spiro atoms. The molecule has 0 aliphatic heterocycles. The van der Waals surface area contributed by atoms with E-state index >= 15 is 0 Å². The lowest BCUT2D eigenvalue weighted by Crippen LogP contribution is -2.46. The Kier molecular flexibility index (Phi) is 26.8. The zero-order valence-corrected chi connectivity index (χ0v) is 22.8. The molecular weight excluding hydrogens is 372 g/mol. The van der Waals surface area contributed by atoms with E-state index in [9.17, 15) is 0 Å². The van der Waals surface area contributed by atoms with Gasteiger partial charge >= 0.3 is 0 Å². The van der Waals surface area contributed by atoms with Crippen molar-refractivity contribution in [2.45, 2.75) is 119 Å². The number of rotatable bonds is 18. The van der Waals surface area contributed by atoms with Gasteiger partial charge in [0.2, 0.25) is 0 Å². The van der Waals surface area contributed by atoms with Gasteiger partial charge in [-0.25, -0.2) is 0 Å². The van der Waals surface area contributed by atoms with Gasteiger partial charge < -0.3 is 22.5 Å². The Bertz CT molecular complexity index is 234. The Hall–Kier alpha value is 0.270. The van der Waals surface area contributed by atoms with Gasteiger partial charge in [0, 0.05) is 0 Å². The number of unbranched alkanes of at least 4 members (excludes halogenated alkanes) is 6. The third-order valence-electron chi connectivity index (χ3n) is 6.31. The Morgan fingerprint density at radius 1 is 0.345 bits per heavy atom. The van der Waals surface area contributed by atoms with E-state index in [-0.39, 0.29) is 13.5 Å². The van der Waals surface area contributed by atoms with E-state index in [1.807, 2.05) is 0 Å². The summed E-state index contributed by atoms with van der Waals surface area (Å²) in [6, 6.07) is 0. The van der Waals surface area contributed by atoms with Gasteiger partial charge in [-0.2, -0.15) is 0 Å². The molecule has 0 heterocycles. The minimum atomic E-state index is 0. The van der Waals surface area contributed by atoms with Crippen LogP contribution in [0.25, 0.3) is 0 Å². The van der Waals surface area contributed by atoms with E-state index in [0.717, 1.165) is 0 Å². The minimum absolute atomic E-state index is 0. The van der Waals surface area contributed by atoms with Crippen LogP contribution in [0.1, 0.15) is 119 Å². The summed E-state index contributed by atoms with van der Waals surface area (Å²) in [5, 5.41) is 0. The van der Waals surface area contributed by atoms with E-state index in [1.54, 1.807) is 0 Å².